The van der Waals surface area contributed by atoms with E-state index in [0.717, 1.165) is 0 Å². The molecule has 0 radical (unpaired) electrons. The number of para-hydroxylation sites is 1. The molecule has 0 atom stereocenters. The molecule has 3 N–H and O–H groups in total. The molecule has 3 aromatic carbocycles. The zero-order valence-electron chi connectivity index (χ0n) is 16.2. The van der Waals surface area contributed by atoms with E-state index in [2.05, 4.69) is 15.2 Å². The van der Waals surface area contributed by atoms with Gasteiger partial charge in [0.15, 0.2) is 17.5 Å². The summed E-state index contributed by atoms with van der Waals surface area (Å²) in [6, 6.07) is 11.6. The fourth-order valence-corrected chi connectivity index (χ4v) is 3.02. The summed E-state index contributed by atoms with van der Waals surface area (Å²) in [7, 11) is 0. The van der Waals surface area contributed by atoms with E-state index in [4.69, 9.17) is 10.5 Å². The van der Waals surface area contributed by atoms with Crippen LogP contribution in [0.5, 0.6) is 5.75 Å². The molecule has 4 rings (SSSR count). The summed E-state index contributed by atoms with van der Waals surface area (Å²) in [5, 5.41) is 6.29. The van der Waals surface area contributed by atoms with E-state index in [1.807, 2.05) is 0 Å². The Kier molecular flexibility index (Phi) is 5.59. The first kappa shape index (κ1) is 21.0. The van der Waals surface area contributed by atoms with E-state index in [1.165, 1.54) is 24.3 Å². The Hall–Kier alpha value is -4.21. The zero-order chi connectivity index (χ0) is 22.8. The maximum Gasteiger partial charge on any atom is 0.286 e. The number of aromatic amines is 1. The van der Waals surface area contributed by atoms with Crippen LogP contribution in [-0.4, -0.2) is 21.1 Å². The maximum atomic E-state index is 14.7. The highest BCUT2D eigenvalue weighted by Gasteiger charge is 2.16. The predicted molar refractivity (Wildman–Crippen MR) is 106 cm³/mol. The van der Waals surface area contributed by atoms with E-state index in [0.29, 0.717) is 23.3 Å². The second-order valence-electron chi connectivity index (χ2n) is 6.71. The molecule has 0 aliphatic heterocycles. The van der Waals surface area contributed by atoms with Crippen molar-refractivity contribution in [3.8, 4) is 28.3 Å². The van der Waals surface area contributed by atoms with Crippen molar-refractivity contribution in [1.82, 2.24) is 15.2 Å². The summed E-state index contributed by atoms with van der Waals surface area (Å²) >= 11 is 0. The van der Waals surface area contributed by atoms with Gasteiger partial charge in [0.25, 0.3) is 5.91 Å². The number of H-pyrrole nitrogens is 1. The molecule has 1 amide bonds. The molecule has 10 heteroatoms. The first-order valence-electron chi connectivity index (χ1n) is 9.21. The summed E-state index contributed by atoms with van der Waals surface area (Å²) in [6.07, 6.45) is 0. The van der Waals surface area contributed by atoms with Gasteiger partial charge in [0.05, 0.1) is 0 Å². The first-order chi connectivity index (χ1) is 15.3. The van der Waals surface area contributed by atoms with Gasteiger partial charge < -0.3 is 10.5 Å². The lowest BCUT2D eigenvalue weighted by atomic mass is 10.0. The summed E-state index contributed by atoms with van der Waals surface area (Å²) < 4.78 is 60.8. The molecule has 6 nitrogen and oxygen atoms in total. The van der Waals surface area contributed by atoms with Crippen LogP contribution in [0.25, 0.3) is 22.5 Å². The Labute approximate surface area is 178 Å². The largest absolute Gasteiger partial charge is 0.488 e. The van der Waals surface area contributed by atoms with Crippen LogP contribution in [0.3, 0.4) is 0 Å². The smallest absolute Gasteiger partial charge is 0.286 e. The van der Waals surface area contributed by atoms with E-state index < -0.39 is 35.8 Å². The SMILES string of the molecule is NC(=O)c1nc(-c2ccc(F)c(-c3ccccc3OCc3cc(F)c(F)cc3F)c2)n[nH]1. The molecule has 32 heavy (non-hydrogen) atoms. The van der Waals surface area contributed by atoms with Crippen molar-refractivity contribution >= 4 is 5.91 Å². The van der Waals surface area contributed by atoms with E-state index in [9.17, 15) is 22.4 Å². The van der Waals surface area contributed by atoms with Crippen LogP contribution in [0, 0.1) is 23.3 Å². The molecule has 0 spiro atoms. The Morgan fingerprint density at radius 3 is 2.41 bits per heavy atom. The summed E-state index contributed by atoms with van der Waals surface area (Å²) in [5.41, 5.74) is 5.79. The number of nitrogens with one attached hydrogen (secondary N) is 1. The fourth-order valence-electron chi connectivity index (χ4n) is 3.02. The van der Waals surface area contributed by atoms with Crippen molar-refractivity contribution in [1.29, 1.82) is 0 Å². The van der Waals surface area contributed by atoms with Gasteiger partial charge in [-0.1, -0.05) is 18.2 Å². The highest BCUT2D eigenvalue weighted by atomic mass is 19.2. The normalized spacial score (nSPS) is 10.9. The second kappa shape index (κ2) is 8.50. The molecule has 0 saturated carbocycles. The van der Waals surface area contributed by atoms with Crippen molar-refractivity contribution in [2.45, 2.75) is 6.61 Å². The quantitative estimate of drug-likeness (QED) is 0.343. The number of hydrogen-bond donors (Lipinski definition) is 2. The molecule has 0 bridgehead atoms. The van der Waals surface area contributed by atoms with Crippen LogP contribution in [0.15, 0.2) is 54.6 Å². The Balaban J connectivity index is 1.67. The van der Waals surface area contributed by atoms with Crippen LogP contribution in [0.2, 0.25) is 0 Å². The van der Waals surface area contributed by atoms with Gasteiger partial charge in [-0.3, -0.25) is 9.89 Å². The number of hydrogen-bond acceptors (Lipinski definition) is 4. The molecule has 4 aromatic rings. The lowest BCUT2D eigenvalue weighted by Gasteiger charge is -2.13. The summed E-state index contributed by atoms with van der Waals surface area (Å²) in [6.45, 7) is -0.412. The standard InChI is InChI=1S/C22H14F4N4O2/c23-15-6-5-11(21-28-22(20(27)31)30-29-21)7-14(15)13-3-1-2-4-19(13)32-10-12-8-17(25)18(26)9-16(12)24/h1-9H,10H2,(H2,27,31)(H,28,29,30). The van der Waals surface area contributed by atoms with Gasteiger partial charge in [-0.15, -0.1) is 0 Å². The lowest BCUT2D eigenvalue weighted by molar-refractivity contribution is 0.0991. The number of rotatable bonds is 6. The molecule has 162 valence electrons. The molecule has 0 unspecified atom stereocenters. The van der Waals surface area contributed by atoms with Crippen LogP contribution < -0.4 is 10.5 Å². The topological polar surface area (TPSA) is 93.9 Å². The molecule has 0 saturated heterocycles. The maximum absolute atomic E-state index is 14.7. The van der Waals surface area contributed by atoms with Crippen molar-refractivity contribution in [3.05, 3.63) is 89.3 Å². The van der Waals surface area contributed by atoms with Gasteiger partial charge in [-0.25, -0.2) is 22.5 Å². The van der Waals surface area contributed by atoms with E-state index in [1.54, 1.807) is 18.2 Å². The third kappa shape index (κ3) is 4.15. The Morgan fingerprint density at radius 2 is 1.66 bits per heavy atom. The van der Waals surface area contributed by atoms with Gasteiger partial charge >= 0.3 is 0 Å². The molecular weight excluding hydrogens is 428 g/mol. The summed E-state index contributed by atoms with van der Waals surface area (Å²) in [4.78, 5) is 15.2. The average molecular weight is 442 g/mol. The number of primary amides is 1. The van der Waals surface area contributed by atoms with Crippen LogP contribution in [0.1, 0.15) is 16.2 Å². The number of carbonyl (C=O) groups is 1. The Morgan fingerprint density at radius 1 is 0.906 bits per heavy atom. The zero-order valence-corrected chi connectivity index (χ0v) is 16.2. The van der Waals surface area contributed by atoms with Crippen molar-refractivity contribution < 1.29 is 27.1 Å². The number of carbonyl (C=O) groups excluding carboxylic acids is 1. The van der Waals surface area contributed by atoms with Gasteiger partial charge in [-0.2, -0.15) is 5.10 Å². The van der Waals surface area contributed by atoms with Crippen LogP contribution in [0.4, 0.5) is 17.6 Å². The third-order valence-electron chi connectivity index (χ3n) is 4.59. The average Bonchev–Trinajstić information content (AvgIpc) is 3.27. The van der Waals surface area contributed by atoms with E-state index >= 15 is 0 Å². The number of nitrogens with two attached hydrogens (primary N) is 1. The number of nitrogens with zero attached hydrogens (tertiary/aromatic N) is 2. The number of ether oxygens (including phenoxy) is 1. The summed E-state index contributed by atoms with van der Waals surface area (Å²) in [5.74, 6) is -4.71. The number of amides is 1. The monoisotopic (exact) mass is 442 g/mol. The highest BCUT2D eigenvalue weighted by Crippen LogP contribution is 2.34. The van der Waals surface area contributed by atoms with Crippen molar-refractivity contribution in [2.75, 3.05) is 0 Å². The minimum absolute atomic E-state index is 0.120. The minimum Gasteiger partial charge on any atom is -0.488 e. The fraction of sp³-hybridized carbons (Fsp3) is 0.0455. The molecule has 1 heterocycles. The van der Waals surface area contributed by atoms with Gasteiger partial charge in [-0.05, 0) is 30.3 Å². The number of aromatic nitrogens is 3. The minimum atomic E-state index is -1.31. The number of benzene rings is 3. The first-order valence-corrected chi connectivity index (χ1v) is 9.21. The van der Waals surface area contributed by atoms with Crippen molar-refractivity contribution in [2.24, 2.45) is 5.73 Å². The molecule has 0 aliphatic rings. The van der Waals surface area contributed by atoms with Gasteiger partial charge in [0.2, 0.25) is 5.82 Å². The Bertz CT molecular complexity index is 1320. The van der Waals surface area contributed by atoms with E-state index in [-0.39, 0.29) is 28.5 Å². The molecule has 0 aliphatic carbocycles. The van der Waals surface area contributed by atoms with Crippen LogP contribution >= 0.6 is 0 Å². The second-order valence-corrected chi connectivity index (χ2v) is 6.71. The third-order valence-corrected chi connectivity index (χ3v) is 4.59. The number of halogens is 4. The van der Waals surface area contributed by atoms with Gasteiger partial charge in [0, 0.05) is 28.3 Å². The van der Waals surface area contributed by atoms with Gasteiger partial charge in [0.1, 0.15) is 24.0 Å². The molecule has 1 aromatic heterocycles. The van der Waals surface area contributed by atoms with Crippen LogP contribution in [-0.2, 0) is 6.61 Å². The highest BCUT2D eigenvalue weighted by molar-refractivity contribution is 5.89. The lowest BCUT2D eigenvalue weighted by Crippen LogP contribution is -2.12. The van der Waals surface area contributed by atoms with Crippen molar-refractivity contribution in [3.63, 3.8) is 0 Å². The molecule has 0 fully saturated rings. The predicted octanol–water partition coefficient (Wildman–Crippen LogP) is 4.37. The molecular formula is C22H14F4N4O2.